The Bertz CT molecular complexity index is 460. The number of aliphatic hydroxyl groups excluding tert-OH is 1. The average molecular weight is 202 g/mol. The van der Waals surface area contributed by atoms with Gasteiger partial charge in [0.1, 0.15) is 5.82 Å². The Morgan fingerprint density at radius 3 is 2.67 bits per heavy atom. The summed E-state index contributed by atoms with van der Waals surface area (Å²) in [6.07, 6.45) is 1.77. The third-order valence-electron chi connectivity index (χ3n) is 2.58. The van der Waals surface area contributed by atoms with E-state index < -0.39 is 0 Å². The first-order valence-corrected chi connectivity index (χ1v) is 4.94. The van der Waals surface area contributed by atoms with E-state index in [9.17, 15) is 0 Å². The molecule has 0 saturated carbocycles. The van der Waals surface area contributed by atoms with Gasteiger partial charge in [-0.25, -0.2) is 4.98 Å². The van der Waals surface area contributed by atoms with Gasteiger partial charge in [-0.15, -0.1) is 0 Å². The van der Waals surface area contributed by atoms with Gasteiger partial charge in [0.25, 0.3) is 0 Å². The summed E-state index contributed by atoms with van der Waals surface area (Å²) in [6.45, 7) is 4.08. The molecule has 0 aromatic carbocycles. The second-order valence-corrected chi connectivity index (χ2v) is 3.58. The summed E-state index contributed by atoms with van der Waals surface area (Å²) in [5, 5.41) is 9.17. The second-order valence-electron chi connectivity index (χ2n) is 3.58. The number of aromatic nitrogens is 2. The molecule has 0 amide bonds. The van der Waals surface area contributed by atoms with E-state index in [1.54, 1.807) is 6.20 Å². The maximum atomic E-state index is 9.17. The average Bonchev–Trinajstić information content (AvgIpc) is 2.55. The van der Waals surface area contributed by atoms with E-state index in [1.165, 1.54) is 0 Å². The number of nitrogens with zero attached hydrogens (tertiary/aromatic N) is 2. The lowest BCUT2D eigenvalue weighted by atomic mass is 10.2. The molecule has 0 radical (unpaired) electrons. The highest BCUT2D eigenvalue weighted by atomic mass is 16.3. The Morgan fingerprint density at radius 1 is 1.33 bits per heavy atom. The van der Waals surface area contributed by atoms with Crippen LogP contribution in [0.3, 0.4) is 0 Å². The van der Waals surface area contributed by atoms with Gasteiger partial charge in [-0.05, 0) is 37.6 Å². The topological polar surface area (TPSA) is 38.0 Å². The van der Waals surface area contributed by atoms with Gasteiger partial charge in [-0.2, -0.15) is 0 Å². The Morgan fingerprint density at radius 2 is 2.13 bits per heavy atom. The van der Waals surface area contributed by atoms with Crippen LogP contribution >= 0.6 is 0 Å². The van der Waals surface area contributed by atoms with Crippen molar-refractivity contribution in [2.75, 3.05) is 0 Å². The lowest BCUT2D eigenvalue weighted by Gasteiger charge is -2.07. The number of pyridine rings is 1. The SMILES string of the molecule is Cc1cc(CO)c(C)n1-c1ccccn1. The summed E-state index contributed by atoms with van der Waals surface area (Å²) in [6, 6.07) is 7.80. The number of aliphatic hydroxyl groups is 1. The predicted molar refractivity (Wildman–Crippen MR) is 59.0 cm³/mol. The van der Waals surface area contributed by atoms with Gasteiger partial charge in [-0.1, -0.05) is 6.07 Å². The molecule has 2 rings (SSSR count). The van der Waals surface area contributed by atoms with Crippen molar-refractivity contribution in [1.82, 2.24) is 9.55 Å². The lowest BCUT2D eigenvalue weighted by Crippen LogP contribution is -2.01. The molecule has 15 heavy (non-hydrogen) atoms. The Balaban J connectivity index is 2.58. The zero-order valence-corrected chi connectivity index (χ0v) is 8.94. The van der Waals surface area contributed by atoms with Crippen LogP contribution in [0.5, 0.6) is 0 Å². The van der Waals surface area contributed by atoms with Crippen LogP contribution in [0.25, 0.3) is 5.82 Å². The van der Waals surface area contributed by atoms with E-state index in [1.807, 2.05) is 42.7 Å². The molecule has 3 nitrogen and oxygen atoms in total. The van der Waals surface area contributed by atoms with Gasteiger partial charge in [0.15, 0.2) is 0 Å². The van der Waals surface area contributed by atoms with Crippen LogP contribution in [-0.4, -0.2) is 14.7 Å². The van der Waals surface area contributed by atoms with Crippen LogP contribution in [0.2, 0.25) is 0 Å². The molecule has 3 heteroatoms. The summed E-state index contributed by atoms with van der Waals surface area (Å²) >= 11 is 0. The van der Waals surface area contributed by atoms with Crippen molar-refractivity contribution in [3.63, 3.8) is 0 Å². The number of rotatable bonds is 2. The van der Waals surface area contributed by atoms with Crippen LogP contribution in [0, 0.1) is 13.8 Å². The smallest absolute Gasteiger partial charge is 0.136 e. The maximum absolute atomic E-state index is 9.17. The molecular formula is C12H14N2O. The molecule has 0 unspecified atom stereocenters. The minimum Gasteiger partial charge on any atom is -0.392 e. The largest absolute Gasteiger partial charge is 0.392 e. The third-order valence-corrected chi connectivity index (χ3v) is 2.58. The highest BCUT2D eigenvalue weighted by Gasteiger charge is 2.09. The molecule has 0 atom stereocenters. The highest BCUT2D eigenvalue weighted by Crippen LogP contribution is 2.18. The first-order chi connectivity index (χ1) is 7.24. The van der Waals surface area contributed by atoms with Gasteiger partial charge >= 0.3 is 0 Å². The van der Waals surface area contributed by atoms with Crippen molar-refractivity contribution >= 4 is 0 Å². The van der Waals surface area contributed by atoms with Crippen molar-refractivity contribution in [3.05, 3.63) is 47.4 Å². The van der Waals surface area contributed by atoms with E-state index >= 15 is 0 Å². The summed E-state index contributed by atoms with van der Waals surface area (Å²) < 4.78 is 2.05. The molecule has 0 fully saturated rings. The molecule has 2 aromatic rings. The van der Waals surface area contributed by atoms with Crippen molar-refractivity contribution in [1.29, 1.82) is 0 Å². The van der Waals surface area contributed by atoms with E-state index in [-0.39, 0.29) is 6.61 Å². The Hall–Kier alpha value is -1.61. The van der Waals surface area contributed by atoms with Crippen LogP contribution in [-0.2, 0) is 6.61 Å². The Labute approximate surface area is 89.0 Å². The van der Waals surface area contributed by atoms with E-state index in [4.69, 9.17) is 5.11 Å². The van der Waals surface area contributed by atoms with Crippen LogP contribution in [0.4, 0.5) is 0 Å². The standard InChI is InChI=1S/C12H14N2O/c1-9-7-11(8-15)10(2)14(9)12-5-3-4-6-13-12/h3-7,15H,8H2,1-2H3. The lowest BCUT2D eigenvalue weighted by molar-refractivity contribution is 0.281. The zero-order chi connectivity index (χ0) is 10.8. The number of hydrogen-bond donors (Lipinski definition) is 1. The summed E-state index contributed by atoms with van der Waals surface area (Å²) in [7, 11) is 0. The molecular weight excluding hydrogens is 188 g/mol. The summed E-state index contributed by atoms with van der Waals surface area (Å²) in [5.74, 6) is 0.896. The molecule has 0 aliphatic rings. The van der Waals surface area contributed by atoms with Gasteiger partial charge in [0, 0.05) is 17.6 Å². The minimum atomic E-state index is 0.0759. The monoisotopic (exact) mass is 202 g/mol. The fourth-order valence-corrected chi connectivity index (χ4v) is 1.83. The minimum absolute atomic E-state index is 0.0759. The molecule has 0 aliphatic carbocycles. The maximum Gasteiger partial charge on any atom is 0.136 e. The van der Waals surface area contributed by atoms with Crippen LogP contribution in [0.1, 0.15) is 17.0 Å². The van der Waals surface area contributed by atoms with Crippen LogP contribution < -0.4 is 0 Å². The van der Waals surface area contributed by atoms with Crippen LogP contribution in [0.15, 0.2) is 30.5 Å². The number of hydrogen-bond acceptors (Lipinski definition) is 2. The summed E-state index contributed by atoms with van der Waals surface area (Å²) in [4.78, 5) is 4.30. The molecule has 78 valence electrons. The van der Waals surface area contributed by atoms with Gasteiger partial charge < -0.3 is 9.67 Å². The molecule has 1 N–H and O–H groups in total. The Kier molecular flexibility index (Phi) is 2.56. The highest BCUT2D eigenvalue weighted by molar-refractivity contribution is 5.36. The van der Waals surface area contributed by atoms with Crippen molar-refractivity contribution in [2.24, 2.45) is 0 Å². The normalized spacial score (nSPS) is 10.6. The second kappa shape index (κ2) is 3.87. The van der Waals surface area contributed by atoms with E-state index in [0.717, 1.165) is 22.8 Å². The molecule has 0 bridgehead atoms. The third kappa shape index (κ3) is 1.66. The van der Waals surface area contributed by atoms with Gasteiger partial charge in [-0.3, -0.25) is 0 Å². The predicted octanol–water partition coefficient (Wildman–Crippen LogP) is 1.98. The molecule has 2 heterocycles. The zero-order valence-electron chi connectivity index (χ0n) is 8.94. The van der Waals surface area contributed by atoms with Crippen molar-refractivity contribution < 1.29 is 5.11 Å². The van der Waals surface area contributed by atoms with E-state index in [0.29, 0.717) is 0 Å². The molecule has 0 saturated heterocycles. The molecule has 0 aliphatic heterocycles. The molecule has 2 aromatic heterocycles. The van der Waals surface area contributed by atoms with E-state index in [2.05, 4.69) is 4.98 Å². The summed E-state index contributed by atoms with van der Waals surface area (Å²) in [5.41, 5.74) is 3.10. The quantitative estimate of drug-likeness (QED) is 0.808. The first-order valence-electron chi connectivity index (χ1n) is 4.94. The van der Waals surface area contributed by atoms with Crippen molar-refractivity contribution in [2.45, 2.75) is 20.5 Å². The number of aryl methyl sites for hydroxylation is 1. The fourth-order valence-electron chi connectivity index (χ4n) is 1.83. The van der Waals surface area contributed by atoms with Gasteiger partial charge in [0.2, 0.25) is 0 Å². The first kappa shape index (κ1) is 9.93. The van der Waals surface area contributed by atoms with Gasteiger partial charge in [0.05, 0.1) is 6.61 Å². The fraction of sp³-hybridized carbons (Fsp3) is 0.250. The molecule has 0 spiro atoms. The van der Waals surface area contributed by atoms with Crippen molar-refractivity contribution in [3.8, 4) is 5.82 Å².